The second kappa shape index (κ2) is 11.3. The Labute approximate surface area is 259 Å². The highest BCUT2D eigenvalue weighted by Gasteiger charge is 2.35. The summed E-state index contributed by atoms with van der Waals surface area (Å²) >= 11 is 14.9. The predicted molar refractivity (Wildman–Crippen MR) is 178 cm³/mol. The van der Waals surface area contributed by atoms with Gasteiger partial charge in [-0.3, -0.25) is 0 Å². The monoisotopic (exact) mass is 670 g/mol. The fraction of sp³-hybridized carbons (Fsp3) is 0.500. The third kappa shape index (κ3) is 7.04. The molecule has 0 saturated heterocycles. The van der Waals surface area contributed by atoms with Crippen molar-refractivity contribution in [1.29, 1.82) is 0 Å². The van der Waals surface area contributed by atoms with Crippen LogP contribution in [0.25, 0.3) is 0 Å². The van der Waals surface area contributed by atoms with Gasteiger partial charge in [0.1, 0.15) is 0 Å². The first-order valence-corrected chi connectivity index (χ1v) is 16.3. The maximum Gasteiger partial charge on any atom is 0.0441 e. The highest BCUT2D eigenvalue weighted by Crippen LogP contribution is 2.52. The van der Waals surface area contributed by atoms with Crippen molar-refractivity contribution in [2.75, 3.05) is 0 Å². The molecule has 3 heteroatoms. The van der Waals surface area contributed by atoms with E-state index in [1.54, 1.807) is 0 Å². The van der Waals surface area contributed by atoms with Crippen molar-refractivity contribution in [1.82, 2.24) is 0 Å². The summed E-state index contributed by atoms with van der Waals surface area (Å²) in [5.74, 6) is 1.29. The summed E-state index contributed by atoms with van der Waals surface area (Å²) in [6, 6.07) is 20.8. The summed E-state index contributed by atoms with van der Waals surface area (Å²) in [6.45, 7) is 20.5. The first-order valence-electron chi connectivity index (χ1n) is 14.3. The van der Waals surface area contributed by atoms with Crippen molar-refractivity contribution in [2.24, 2.45) is 0 Å². The lowest BCUT2D eigenvalue weighted by atomic mass is 9.68. The number of hydrogen-bond donors (Lipinski definition) is 0. The van der Waals surface area contributed by atoms with Crippen LogP contribution in [0, 0.1) is 0 Å². The molecule has 0 N–H and O–H groups in total. The normalized spacial score (nSPS) is 20.8. The van der Waals surface area contributed by atoms with Crippen molar-refractivity contribution in [3.63, 3.8) is 0 Å². The summed E-state index contributed by atoms with van der Waals surface area (Å²) in [5, 5.41) is 0.900. The van der Waals surface area contributed by atoms with E-state index < -0.39 is 0 Å². The highest BCUT2D eigenvalue weighted by atomic mass is 79.9. The van der Waals surface area contributed by atoms with Gasteiger partial charge in [0.15, 0.2) is 0 Å². The molecular weight excluding hydrogens is 628 g/mol. The molecule has 2 atom stereocenters. The van der Waals surface area contributed by atoms with Crippen LogP contribution in [0.1, 0.15) is 133 Å². The molecule has 3 aromatic rings. The Bertz CT molecular complexity index is 1260. The van der Waals surface area contributed by atoms with Crippen LogP contribution >= 0.6 is 43.5 Å². The summed E-state index contributed by atoms with van der Waals surface area (Å²) in [7, 11) is 0. The van der Waals surface area contributed by atoms with Gasteiger partial charge in [-0.05, 0) is 105 Å². The average molecular weight is 673 g/mol. The predicted octanol–water partition coefficient (Wildman–Crippen LogP) is 12.6. The molecule has 4 rings (SSSR count). The third-order valence-electron chi connectivity index (χ3n) is 8.62. The first kappa shape index (κ1) is 30.9. The Balaban J connectivity index is 1.79. The van der Waals surface area contributed by atoms with Gasteiger partial charge in [-0.15, -0.1) is 0 Å². The number of hydrogen-bond acceptors (Lipinski definition) is 0. The van der Waals surface area contributed by atoms with Crippen LogP contribution < -0.4 is 0 Å². The lowest BCUT2D eigenvalue weighted by Gasteiger charge is -2.38. The minimum atomic E-state index is 0.0877. The van der Waals surface area contributed by atoms with Gasteiger partial charge in [0.2, 0.25) is 0 Å². The van der Waals surface area contributed by atoms with Crippen LogP contribution in [0.5, 0.6) is 0 Å². The second-order valence-corrected chi connectivity index (χ2v) is 16.9. The molecule has 0 nitrogen and oxygen atoms in total. The Morgan fingerprint density at radius 2 is 0.846 bits per heavy atom. The van der Waals surface area contributed by atoms with Crippen molar-refractivity contribution in [3.8, 4) is 0 Å². The fourth-order valence-electron chi connectivity index (χ4n) is 6.05. The number of halogens is 3. The van der Waals surface area contributed by atoms with Gasteiger partial charge >= 0.3 is 0 Å². The van der Waals surface area contributed by atoms with Gasteiger partial charge in [0.25, 0.3) is 0 Å². The zero-order valence-electron chi connectivity index (χ0n) is 25.2. The summed E-state index contributed by atoms with van der Waals surface area (Å²) in [4.78, 5) is 0. The molecule has 3 aromatic carbocycles. The van der Waals surface area contributed by atoms with Gasteiger partial charge in [0, 0.05) is 14.0 Å². The van der Waals surface area contributed by atoms with E-state index in [1.807, 2.05) is 0 Å². The molecule has 1 aliphatic rings. The molecule has 0 spiro atoms. The highest BCUT2D eigenvalue weighted by molar-refractivity contribution is 9.10. The van der Waals surface area contributed by atoms with E-state index in [-0.39, 0.29) is 16.2 Å². The first-order chi connectivity index (χ1) is 17.9. The maximum absolute atomic E-state index is 6.95. The van der Waals surface area contributed by atoms with Gasteiger partial charge in [-0.1, -0.05) is 142 Å². The largest absolute Gasteiger partial charge is 0.0840 e. The van der Waals surface area contributed by atoms with Crippen molar-refractivity contribution < 1.29 is 0 Å². The molecule has 39 heavy (non-hydrogen) atoms. The SMILES string of the molecule is CC(C)(C)c1ccc(C2CC(c3cc(C(C)(C)C)ccc3Cl)CC(c3ccc(C(C)(C)C)cc3Br)C2)c(Br)c1. The third-order valence-corrected chi connectivity index (χ3v) is 10.3. The van der Waals surface area contributed by atoms with E-state index in [0.29, 0.717) is 17.8 Å². The standard InChI is InChI=1S/C36H45Br2Cl/c1-34(2,3)25-12-15-33(39)30(19-25)24-17-22(28-13-10-26(20-31(28)37)35(4,5)6)16-23(18-24)29-14-11-27(21-32(29)38)36(7,8)9/h10-15,19-24H,16-18H2,1-9H3. The van der Waals surface area contributed by atoms with Gasteiger partial charge < -0.3 is 0 Å². The van der Waals surface area contributed by atoms with E-state index in [4.69, 9.17) is 11.6 Å². The molecule has 0 bridgehead atoms. The van der Waals surface area contributed by atoms with Crippen LogP contribution in [-0.4, -0.2) is 0 Å². The molecule has 0 aliphatic heterocycles. The molecule has 1 fully saturated rings. The van der Waals surface area contributed by atoms with Gasteiger partial charge in [-0.2, -0.15) is 0 Å². The van der Waals surface area contributed by atoms with Crippen LogP contribution in [0.4, 0.5) is 0 Å². The summed E-state index contributed by atoms with van der Waals surface area (Å²) in [6.07, 6.45) is 3.35. The van der Waals surface area contributed by atoms with Gasteiger partial charge in [-0.25, -0.2) is 0 Å². The Kier molecular flexibility index (Phi) is 8.94. The lowest BCUT2D eigenvalue weighted by molar-refractivity contribution is 0.349. The topological polar surface area (TPSA) is 0 Å². The van der Waals surface area contributed by atoms with E-state index >= 15 is 0 Å². The minimum absolute atomic E-state index is 0.0877. The molecule has 0 aromatic heterocycles. The van der Waals surface area contributed by atoms with Crippen LogP contribution in [0.2, 0.25) is 5.02 Å². The van der Waals surface area contributed by atoms with Crippen molar-refractivity contribution in [3.05, 3.63) is 102 Å². The molecule has 210 valence electrons. The van der Waals surface area contributed by atoms with Crippen molar-refractivity contribution >= 4 is 43.5 Å². The maximum atomic E-state index is 6.95. The van der Waals surface area contributed by atoms with E-state index in [0.717, 1.165) is 24.3 Å². The van der Waals surface area contributed by atoms with Crippen LogP contribution in [0.15, 0.2) is 63.5 Å². The number of rotatable bonds is 3. The zero-order valence-corrected chi connectivity index (χ0v) is 29.1. The summed E-state index contributed by atoms with van der Waals surface area (Å²) in [5.41, 5.74) is 8.57. The number of benzene rings is 3. The lowest BCUT2D eigenvalue weighted by Crippen LogP contribution is -2.22. The molecular formula is C36H45Br2Cl. The van der Waals surface area contributed by atoms with E-state index in [9.17, 15) is 0 Å². The Hall–Kier alpha value is -1.09. The molecule has 2 unspecified atom stereocenters. The molecule has 0 heterocycles. The zero-order chi connectivity index (χ0) is 28.9. The summed E-state index contributed by atoms with van der Waals surface area (Å²) < 4.78 is 2.46. The second-order valence-electron chi connectivity index (χ2n) is 14.8. The minimum Gasteiger partial charge on any atom is -0.0840 e. The molecule has 1 saturated carbocycles. The van der Waals surface area contributed by atoms with E-state index in [2.05, 4.69) is 149 Å². The Morgan fingerprint density at radius 1 is 0.513 bits per heavy atom. The molecule has 0 amide bonds. The van der Waals surface area contributed by atoms with Crippen LogP contribution in [-0.2, 0) is 16.2 Å². The Morgan fingerprint density at radius 3 is 1.21 bits per heavy atom. The fourth-order valence-corrected chi connectivity index (χ4v) is 7.73. The van der Waals surface area contributed by atoms with Gasteiger partial charge in [0.05, 0.1) is 0 Å². The molecule has 1 aliphatic carbocycles. The van der Waals surface area contributed by atoms with Crippen LogP contribution in [0.3, 0.4) is 0 Å². The molecule has 0 radical (unpaired) electrons. The smallest absolute Gasteiger partial charge is 0.0441 e. The quantitative estimate of drug-likeness (QED) is 0.260. The average Bonchev–Trinajstić information content (AvgIpc) is 2.82. The van der Waals surface area contributed by atoms with Crippen molar-refractivity contribution in [2.45, 2.75) is 116 Å². The van der Waals surface area contributed by atoms with E-state index in [1.165, 1.54) is 42.3 Å².